The Morgan fingerprint density at radius 3 is 1.36 bits per heavy atom. The van der Waals surface area contributed by atoms with Crippen molar-refractivity contribution in [3.63, 3.8) is 0 Å². The van der Waals surface area contributed by atoms with Gasteiger partial charge in [0.1, 0.15) is 4.90 Å². The maximum absolute atomic E-state index is 12.6. The van der Waals surface area contributed by atoms with Gasteiger partial charge in [-0.2, -0.15) is 0 Å². The van der Waals surface area contributed by atoms with Gasteiger partial charge in [0.15, 0.2) is 0 Å². The molecule has 0 saturated carbocycles. The minimum absolute atomic E-state index is 0.469. The molecule has 0 amide bonds. The summed E-state index contributed by atoms with van der Waals surface area (Å²) in [4.78, 5) is -1.84. The molecule has 2 rings (SSSR count). The van der Waals surface area contributed by atoms with E-state index in [0.29, 0.717) is 30.5 Å². The first-order valence-electron chi connectivity index (χ1n) is 6.89. The highest BCUT2D eigenvalue weighted by Crippen LogP contribution is 3.02. The molecule has 6 heteroatoms. The first-order valence-corrected chi connectivity index (χ1v) is 8.84. The number of aryl methyl sites for hydroxylation is 3. The van der Waals surface area contributed by atoms with Crippen LogP contribution < -0.4 is 0 Å². The lowest BCUT2D eigenvalue weighted by Crippen LogP contribution is -2.06. The van der Waals surface area contributed by atoms with Gasteiger partial charge in [0, 0.05) is 0 Å². The van der Waals surface area contributed by atoms with Crippen LogP contribution in [0.1, 0.15) is 23.6 Å². The monoisotopic (exact) mass is 336 g/mol. The average molecular weight is 336 g/mol. The third-order valence-electron chi connectivity index (χ3n) is 3.50. The molecular weight excluding hydrogens is 319 g/mol. The number of hydrogen-bond acceptors (Lipinski definition) is 0. The van der Waals surface area contributed by atoms with E-state index in [1.165, 1.54) is 5.56 Å². The molecule has 0 heterocycles. The quantitative estimate of drug-likeness (QED) is 0.533. The lowest BCUT2D eigenvalue weighted by Gasteiger charge is -2.40. The Kier molecular flexibility index (Phi) is 3.80. The van der Waals surface area contributed by atoms with E-state index in [1.807, 2.05) is 24.3 Å². The summed E-state index contributed by atoms with van der Waals surface area (Å²) < 4.78 is 63.0. The smallest absolute Gasteiger partial charge is 0.0936 e. The lowest BCUT2D eigenvalue weighted by molar-refractivity contribution is 0.364. The van der Waals surface area contributed by atoms with Gasteiger partial charge in [-0.15, -0.1) is 0 Å². The second kappa shape index (κ2) is 4.98. The van der Waals surface area contributed by atoms with E-state index in [0.717, 1.165) is 24.1 Å². The molecule has 0 N–H and O–H groups in total. The van der Waals surface area contributed by atoms with Gasteiger partial charge < -0.3 is 0 Å². The topological polar surface area (TPSA) is 0 Å². The lowest BCUT2D eigenvalue weighted by atomic mass is 10.0. The molecule has 0 aromatic heterocycles. The van der Waals surface area contributed by atoms with Crippen LogP contribution in [0.4, 0.5) is 19.4 Å². The molecule has 0 spiro atoms. The predicted octanol–water partition coefficient (Wildman–Crippen LogP) is 6.69. The normalized spacial score (nSPS) is 15.2. The van der Waals surface area contributed by atoms with Crippen LogP contribution in [-0.2, 0) is 19.3 Å². The van der Waals surface area contributed by atoms with Crippen molar-refractivity contribution >= 4 is 10.2 Å². The van der Waals surface area contributed by atoms with Crippen LogP contribution in [0.5, 0.6) is 0 Å². The van der Waals surface area contributed by atoms with Gasteiger partial charge in [-0.25, -0.2) is 0 Å². The number of rotatable bonds is 5. The molecule has 0 nitrogen and oxygen atoms in total. The maximum atomic E-state index is 12.6. The first kappa shape index (κ1) is 16.8. The van der Waals surface area contributed by atoms with Gasteiger partial charge >= 0.3 is 10.2 Å². The van der Waals surface area contributed by atoms with Gasteiger partial charge in [-0.05, 0) is 48.1 Å². The van der Waals surface area contributed by atoms with Crippen LogP contribution in [0.25, 0.3) is 0 Å². The molecule has 2 aromatic rings. The Labute approximate surface area is 126 Å². The first-order chi connectivity index (χ1) is 9.97. The predicted molar refractivity (Wildman–Crippen MR) is 81.1 cm³/mol. The fourth-order valence-electron chi connectivity index (χ4n) is 2.14. The largest absolute Gasteiger partial charge is 0.310 e. The minimum Gasteiger partial charge on any atom is -0.0936 e. The van der Waals surface area contributed by atoms with Crippen molar-refractivity contribution in [2.75, 3.05) is 0 Å². The number of benzene rings is 2. The van der Waals surface area contributed by atoms with Gasteiger partial charge in [-0.3, -0.25) is 0 Å². The van der Waals surface area contributed by atoms with Crippen LogP contribution in [0, 0.1) is 0 Å². The summed E-state index contributed by atoms with van der Waals surface area (Å²) in [5.74, 6) is 0. The van der Waals surface area contributed by atoms with Crippen molar-refractivity contribution in [2.24, 2.45) is 0 Å². The summed E-state index contributed by atoms with van der Waals surface area (Å²) in [6, 6.07) is 11.1. The Bertz CT molecular complexity index is 642. The second-order valence-corrected chi connectivity index (χ2v) is 7.69. The molecule has 0 aliphatic heterocycles. The maximum Gasteiger partial charge on any atom is 0.310 e. The fraction of sp³-hybridized carbons (Fsp3) is 0.250. The highest BCUT2D eigenvalue weighted by molar-refractivity contribution is 8.45. The van der Waals surface area contributed by atoms with E-state index >= 15 is 0 Å². The van der Waals surface area contributed by atoms with Gasteiger partial charge in [0.2, 0.25) is 0 Å². The Balaban J connectivity index is 2.06. The van der Waals surface area contributed by atoms with E-state index < -0.39 is 15.1 Å². The van der Waals surface area contributed by atoms with Crippen LogP contribution in [0.3, 0.4) is 0 Å². The van der Waals surface area contributed by atoms with E-state index in [1.54, 1.807) is 0 Å². The summed E-state index contributed by atoms with van der Waals surface area (Å²) >= 11 is 0. The fourth-order valence-corrected chi connectivity index (χ4v) is 2.79. The highest BCUT2D eigenvalue weighted by Gasteiger charge is 2.65. The minimum atomic E-state index is -9.56. The Morgan fingerprint density at radius 1 is 0.636 bits per heavy atom. The third-order valence-corrected chi connectivity index (χ3v) is 4.67. The molecule has 122 valence electrons. The number of halogens is 5. The van der Waals surface area contributed by atoms with Crippen molar-refractivity contribution in [1.29, 1.82) is 0 Å². The average Bonchev–Trinajstić information content (AvgIpc) is 2.44. The Hall–Kier alpha value is -1.56. The zero-order chi connectivity index (χ0) is 16.5. The molecule has 0 unspecified atom stereocenters. The molecule has 0 atom stereocenters. The van der Waals surface area contributed by atoms with Crippen molar-refractivity contribution in [3.8, 4) is 0 Å². The standard InChI is InChI=1S/C16H17F5S/c1-2-13-3-5-14(6-4-13)7-8-15-9-11-16(12-10-15)22(17,18,19,20)21/h3-6,9-12H,2,7-8H2,1H3. The molecule has 0 bridgehead atoms. The zero-order valence-corrected chi connectivity index (χ0v) is 12.9. The molecule has 22 heavy (non-hydrogen) atoms. The molecule has 0 radical (unpaired) electrons. The SMILES string of the molecule is CCc1ccc(CCc2ccc(S(F)(F)(F)(F)F)cc2)cc1. The molecule has 0 saturated heterocycles. The number of hydrogen-bond donors (Lipinski definition) is 0. The molecule has 2 aromatic carbocycles. The van der Waals surface area contributed by atoms with Crippen molar-refractivity contribution in [3.05, 3.63) is 65.2 Å². The van der Waals surface area contributed by atoms with Crippen molar-refractivity contribution < 1.29 is 19.4 Å². The second-order valence-electron chi connectivity index (χ2n) is 5.28. The van der Waals surface area contributed by atoms with Gasteiger partial charge in [0.25, 0.3) is 0 Å². The summed E-state index contributed by atoms with van der Waals surface area (Å²) in [5.41, 5.74) is 2.88. The van der Waals surface area contributed by atoms with E-state index in [9.17, 15) is 19.4 Å². The third kappa shape index (κ3) is 4.47. The van der Waals surface area contributed by atoms with Crippen molar-refractivity contribution in [2.45, 2.75) is 31.1 Å². The molecular formula is C16H17F5S. The van der Waals surface area contributed by atoms with Crippen molar-refractivity contribution in [1.82, 2.24) is 0 Å². The molecule has 0 fully saturated rings. The summed E-state index contributed by atoms with van der Waals surface area (Å²) in [6.07, 6.45) is 2.10. The van der Waals surface area contributed by atoms with Gasteiger partial charge in [0.05, 0.1) is 0 Å². The summed E-state index contributed by atoms with van der Waals surface area (Å²) in [7, 11) is -9.56. The zero-order valence-electron chi connectivity index (χ0n) is 12.0. The van der Waals surface area contributed by atoms with E-state index in [-0.39, 0.29) is 0 Å². The summed E-state index contributed by atoms with van der Waals surface area (Å²) in [6.45, 7) is 2.05. The highest BCUT2D eigenvalue weighted by atomic mass is 32.5. The Morgan fingerprint density at radius 2 is 1.00 bits per heavy atom. The van der Waals surface area contributed by atoms with Gasteiger partial charge in [-0.1, -0.05) is 62.8 Å². The molecule has 0 aliphatic carbocycles. The summed E-state index contributed by atoms with van der Waals surface area (Å²) in [5, 5.41) is 0. The van der Waals surface area contributed by atoms with Crippen LogP contribution in [0.15, 0.2) is 53.4 Å². The van der Waals surface area contributed by atoms with Crippen LogP contribution in [-0.4, -0.2) is 0 Å². The van der Waals surface area contributed by atoms with E-state index in [4.69, 9.17) is 0 Å². The van der Waals surface area contributed by atoms with Crippen LogP contribution >= 0.6 is 10.2 Å². The van der Waals surface area contributed by atoms with E-state index in [2.05, 4.69) is 6.92 Å². The molecule has 0 aliphatic rings. The van der Waals surface area contributed by atoms with Crippen LogP contribution in [0.2, 0.25) is 0 Å².